The standard InChI is InChI=1S/C23H24N2O3/c1-27-21-11-7-19(8-12-21)23(25-16-24,18-5-3-17(15-26)4-6-18)20-9-13-22(28-2)14-10-20/h3-15,25H,16,24H2,1-2H3. The molecule has 0 saturated heterocycles. The van der Waals surface area contributed by atoms with E-state index in [9.17, 15) is 4.79 Å². The van der Waals surface area contributed by atoms with Crippen molar-refractivity contribution < 1.29 is 14.3 Å². The molecule has 0 atom stereocenters. The molecule has 3 aromatic rings. The summed E-state index contributed by atoms with van der Waals surface area (Å²) in [7, 11) is 3.28. The normalized spacial score (nSPS) is 11.1. The van der Waals surface area contributed by atoms with Gasteiger partial charge >= 0.3 is 0 Å². The Bertz CT molecular complexity index is 857. The summed E-state index contributed by atoms with van der Waals surface area (Å²) >= 11 is 0. The van der Waals surface area contributed by atoms with Crippen LogP contribution in [0.5, 0.6) is 11.5 Å². The van der Waals surface area contributed by atoms with E-state index in [-0.39, 0.29) is 6.67 Å². The molecule has 0 heterocycles. The lowest BCUT2D eigenvalue weighted by Gasteiger charge is -2.37. The zero-order valence-electron chi connectivity index (χ0n) is 16.0. The Morgan fingerprint density at radius 2 is 1.18 bits per heavy atom. The van der Waals surface area contributed by atoms with Crippen LogP contribution in [0.4, 0.5) is 0 Å². The predicted molar refractivity (Wildman–Crippen MR) is 110 cm³/mol. The second kappa shape index (κ2) is 8.69. The molecule has 0 radical (unpaired) electrons. The molecule has 0 fully saturated rings. The van der Waals surface area contributed by atoms with Crippen molar-refractivity contribution in [2.45, 2.75) is 5.54 Å². The van der Waals surface area contributed by atoms with Crippen molar-refractivity contribution in [3.8, 4) is 11.5 Å². The minimum Gasteiger partial charge on any atom is -0.497 e. The van der Waals surface area contributed by atoms with Crippen LogP contribution in [-0.4, -0.2) is 27.2 Å². The zero-order chi connectivity index (χ0) is 20.0. The molecule has 0 aliphatic carbocycles. The first-order valence-electron chi connectivity index (χ1n) is 8.98. The van der Waals surface area contributed by atoms with Crippen molar-refractivity contribution in [2.75, 3.05) is 20.9 Å². The van der Waals surface area contributed by atoms with Gasteiger partial charge < -0.3 is 15.2 Å². The number of hydrogen-bond acceptors (Lipinski definition) is 5. The molecule has 0 aromatic heterocycles. The minimum atomic E-state index is -0.700. The van der Waals surface area contributed by atoms with Gasteiger partial charge in [0.15, 0.2) is 0 Å². The van der Waals surface area contributed by atoms with Gasteiger partial charge in [-0.3, -0.25) is 10.1 Å². The average molecular weight is 376 g/mol. The molecule has 5 nitrogen and oxygen atoms in total. The lowest BCUT2D eigenvalue weighted by molar-refractivity contribution is 0.112. The number of carbonyl (C=O) groups is 1. The smallest absolute Gasteiger partial charge is 0.150 e. The second-order valence-corrected chi connectivity index (χ2v) is 6.33. The summed E-state index contributed by atoms with van der Waals surface area (Å²) in [5, 5.41) is 3.47. The maximum Gasteiger partial charge on any atom is 0.150 e. The average Bonchev–Trinajstić information content (AvgIpc) is 2.78. The summed E-state index contributed by atoms with van der Waals surface area (Å²) < 4.78 is 10.6. The first-order chi connectivity index (χ1) is 13.7. The molecule has 3 aromatic carbocycles. The number of rotatable bonds is 8. The van der Waals surface area contributed by atoms with Crippen molar-refractivity contribution in [3.05, 3.63) is 95.1 Å². The van der Waals surface area contributed by atoms with Gasteiger partial charge in [0, 0.05) is 12.2 Å². The molecule has 0 bridgehead atoms. The molecule has 144 valence electrons. The van der Waals surface area contributed by atoms with Gasteiger partial charge in [-0.1, -0.05) is 48.5 Å². The third-order valence-corrected chi connectivity index (χ3v) is 4.89. The number of hydrogen-bond donors (Lipinski definition) is 2. The molecule has 0 aliphatic rings. The SMILES string of the molecule is COc1ccc(C(NCN)(c2ccc(C=O)cc2)c2ccc(OC)cc2)cc1. The van der Waals surface area contributed by atoms with Gasteiger partial charge in [-0.15, -0.1) is 0 Å². The molecule has 5 heteroatoms. The Hall–Kier alpha value is -3.15. The largest absolute Gasteiger partial charge is 0.497 e. The Labute approximate surface area is 165 Å². The van der Waals surface area contributed by atoms with E-state index in [1.165, 1.54) is 0 Å². The number of aldehydes is 1. The highest BCUT2D eigenvalue weighted by Gasteiger charge is 2.35. The highest BCUT2D eigenvalue weighted by atomic mass is 16.5. The second-order valence-electron chi connectivity index (χ2n) is 6.33. The molecular weight excluding hydrogens is 352 g/mol. The summed E-state index contributed by atoms with van der Waals surface area (Å²) in [6.45, 7) is 0.257. The van der Waals surface area contributed by atoms with Crippen LogP contribution in [0.2, 0.25) is 0 Å². The van der Waals surface area contributed by atoms with Crippen LogP contribution < -0.4 is 20.5 Å². The van der Waals surface area contributed by atoms with E-state index in [0.29, 0.717) is 5.56 Å². The lowest BCUT2D eigenvalue weighted by Crippen LogP contribution is -2.47. The first-order valence-corrected chi connectivity index (χ1v) is 8.98. The van der Waals surface area contributed by atoms with E-state index in [2.05, 4.69) is 5.32 Å². The molecule has 0 spiro atoms. The molecule has 0 aliphatic heterocycles. The van der Waals surface area contributed by atoms with Gasteiger partial charge in [-0.25, -0.2) is 0 Å². The van der Waals surface area contributed by atoms with Crippen molar-refractivity contribution in [3.63, 3.8) is 0 Å². The molecule has 28 heavy (non-hydrogen) atoms. The Morgan fingerprint density at radius 3 is 1.50 bits per heavy atom. The van der Waals surface area contributed by atoms with Crippen LogP contribution >= 0.6 is 0 Å². The predicted octanol–water partition coefficient (Wildman–Crippen LogP) is 3.31. The van der Waals surface area contributed by atoms with Crippen molar-refractivity contribution in [2.24, 2.45) is 5.73 Å². The molecule has 0 amide bonds. The van der Waals surface area contributed by atoms with Gasteiger partial charge in [-0.05, 0) is 41.0 Å². The fraction of sp³-hybridized carbons (Fsp3) is 0.174. The quantitative estimate of drug-likeness (QED) is 0.358. The Morgan fingerprint density at radius 1 is 0.786 bits per heavy atom. The molecule has 3 rings (SSSR count). The van der Waals surface area contributed by atoms with Gasteiger partial charge in [0.05, 0.1) is 19.8 Å². The van der Waals surface area contributed by atoms with E-state index in [4.69, 9.17) is 15.2 Å². The third-order valence-electron chi connectivity index (χ3n) is 4.89. The van der Waals surface area contributed by atoms with Gasteiger partial charge in [0.2, 0.25) is 0 Å². The van der Waals surface area contributed by atoms with E-state index >= 15 is 0 Å². The van der Waals surface area contributed by atoms with Gasteiger partial charge in [0.25, 0.3) is 0 Å². The number of ether oxygens (including phenoxy) is 2. The number of benzene rings is 3. The number of nitrogens with two attached hydrogens (primary N) is 1. The van der Waals surface area contributed by atoms with Crippen molar-refractivity contribution >= 4 is 6.29 Å². The molecule has 0 saturated carbocycles. The number of methoxy groups -OCH3 is 2. The van der Waals surface area contributed by atoms with E-state index in [1.54, 1.807) is 14.2 Å². The Kier molecular flexibility index (Phi) is 6.09. The summed E-state index contributed by atoms with van der Waals surface area (Å²) in [4.78, 5) is 11.1. The summed E-state index contributed by atoms with van der Waals surface area (Å²) in [5.74, 6) is 1.55. The first kappa shape index (κ1) is 19.6. The van der Waals surface area contributed by atoms with Crippen molar-refractivity contribution in [1.29, 1.82) is 0 Å². The molecular formula is C23H24N2O3. The van der Waals surface area contributed by atoms with Crippen molar-refractivity contribution in [1.82, 2.24) is 5.32 Å². The van der Waals surface area contributed by atoms with Gasteiger partial charge in [-0.2, -0.15) is 0 Å². The summed E-state index contributed by atoms with van der Waals surface area (Å²) in [6, 6.07) is 23.2. The monoisotopic (exact) mass is 376 g/mol. The fourth-order valence-corrected chi connectivity index (χ4v) is 3.45. The molecule has 0 unspecified atom stereocenters. The van der Waals surface area contributed by atoms with Crippen LogP contribution in [0.25, 0.3) is 0 Å². The van der Waals surface area contributed by atoms with Crippen LogP contribution in [0.1, 0.15) is 27.0 Å². The lowest BCUT2D eigenvalue weighted by atomic mass is 9.77. The van der Waals surface area contributed by atoms with Gasteiger partial charge in [0.1, 0.15) is 17.8 Å². The summed E-state index contributed by atoms with van der Waals surface area (Å²) in [6.07, 6.45) is 0.836. The van der Waals surface area contributed by atoms with Crippen LogP contribution in [0.3, 0.4) is 0 Å². The number of nitrogens with one attached hydrogen (secondary N) is 1. The summed E-state index contributed by atoms with van der Waals surface area (Å²) in [5.41, 5.74) is 8.88. The van der Waals surface area contributed by atoms with E-state index in [0.717, 1.165) is 34.5 Å². The van der Waals surface area contributed by atoms with Crippen LogP contribution in [0, 0.1) is 0 Å². The highest BCUT2D eigenvalue weighted by Crippen LogP contribution is 2.38. The van der Waals surface area contributed by atoms with E-state index < -0.39 is 5.54 Å². The maximum absolute atomic E-state index is 11.1. The maximum atomic E-state index is 11.1. The third kappa shape index (κ3) is 3.63. The number of carbonyl (C=O) groups excluding carboxylic acids is 1. The molecule has 3 N–H and O–H groups in total. The van der Waals surface area contributed by atoms with Crippen LogP contribution in [0.15, 0.2) is 72.8 Å². The fourth-order valence-electron chi connectivity index (χ4n) is 3.45. The zero-order valence-corrected chi connectivity index (χ0v) is 16.0. The highest BCUT2D eigenvalue weighted by molar-refractivity contribution is 5.75. The topological polar surface area (TPSA) is 73.6 Å². The van der Waals surface area contributed by atoms with E-state index in [1.807, 2.05) is 72.8 Å². The van der Waals surface area contributed by atoms with Crippen LogP contribution in [-0.2, 0) is 5.54 Å². The minimum absolute atomic E-state index is 0.257. The Balaban J connectivity index is 2.24.